The van der Waals surface area contributed by atoms with E-state index >= 15 is 0 Å². The Morgan fingerprint density at radius 3 is 2.69 bits per heavy atom. The van der Waals surface area contributed by atoms with Gasteiger partial charge in [-0.25, -0.2) is 13.8 Å². The lowest BCUT2D eigenvalue weighted by atomic mass is 10.2. The molecular weight excluding hydrogens is 267 g/mol. The van der Waals surface area contributed by atoms with E-state index in [9.17, 15) is 8.78 Å². The fourth-order valence-electron chi connectivity index (χ4n) is 0.832. The normalized spacial score (nSPS) is 10.9. The standard InChI is InChI=1S/C7H5BrClF2NO/c8-6-3(7(10)11)1-5(9)12-4(6)2-13/h1,7,13H,2H2. The maximum absolute atomic E-state index is 12.3. The molecule has 0 saturated heterocycles. The van der Waals surface area contributed by atoms with Crippen LogP contribution in [0, 0.1) is 0 Å². The number of hydrogen-bond donors (Lipinski definition) is 1. The molecular formula is C7H5BrClF2NO. The first-order valence-electron chi connectivity index (χ1n) is 3.30. The predicted molar refractivity (Wildman–Crippen MR) is 47.8 cm³/mol. The highest BCUT2D eigenvalue weighted by Crippen LogP contribution is 2.31. The number of aromatic nitrogens is 1. The summed E-state index contributed by atoms with van der Waals surface area (Å²) in [5.41, 5.74) is -0.146. The van der Waals surface area contributed by atoms with E-state index in [4.69, 9.17) is 16.7 Å². The number of hydrogen-bond acceptors (Lipinski definition) is 2. The second-order valence-corrected chi connectivity index (χ2v) is 3.43. The smallest absolute Gasteiger partial charge is 0.265 e. The van der Waals surface area contributed by atoms with Gasteiger partial charge in [-0.3, -0.25) is 0 Å². The topological polar surface area (TPSA) is 33.1 Å². The van der Waals surface area contributed by atoms with Crippen LogP contribution >= 0.6 is 27.5 Å². The Morgan fingerprint density at radius 1 is 1.62 bits per heavy atom. The second kappa shape index (κ2) is 4.30. The Balaban J connectivity index is 3.27. The highest BCUT2D eigenvalue weighted by Gasteiger charge is 2.16. The van der Waals surface area contributed by atoms with Gasteiger partial charge in [-0.1, -0.05) is 11.6 Å². The maximum atomic E-state index is 12.3. The number of halogens is 4. The summed E-state index contributed by atoms with van der Waals surface area (Å²) in [5.74, 6) is 0. The molecule has 1 N–H and O–H groups in total. The highest BCUT2D eigenvalue weighted by molar-refractivity contribution is 9.10. The Kier molecular flexibility index (Phi) is 3.58. The number of rotatable bonds is 2. The van der Waals surface area contributed by atoms with Crippen LogP contribution in [0.25, 0.3) is 0 Å². The fourth-order valence-corrected chi connectivity index (χ4v) is 1.55. The largest absolute Gasteiger partial charge is 0.390 e. The van der Waals surface area contributed by atoms with E-state index < -0.39 is 13.0 Å². The van der Waals surface area contributed by atoms with Crippen LogP contribution in [0.5, 0.6) is 0 Å². The van der Waals surface area contributed by atoms with Crippen molar-refractivity contribution in [2.75, 3.05) is 0 Å². The molecule has 6 heteroatoms. The fraction of sp³-hybridized carbons (Fsp3) is 0.286. The lowest BCUT2D eigenvalue weighted by Gasteiger charge is -2.07. The summed E-state index contributed by atoms with van der Waals surface area (Å²) >= 11 is 8.38. The van der Waals surface area contributed by atoms with Crippen LogP contribution in [0.4, 0.5) is 8.78 Å². The van der Waals surface area contributed by atoms with E-state index in [1.54, 1.807) is 0 Å². The lowest BCUT2D eigenvalue weighted by Crippen LogP contribution is -1.97. The lowest BCUT2D eigenvalue weighted by molar-refractivity contribution is 0.150. The summed E-state index contributed by atoms with van der Waals surface area (Å²) < 4.78 is 24.8. The molecule has 0 aliphatic rings. The van der Waals surface area contributed by atoms with Crippen LogP contribution in [-0.4, -0.2) is 10.1 Å². The van der Waals surface area contributed by atoms with Gasteiger partial charge < -0.3 is 5.11 Å². The summed E-state index contributed by atoms with van der Waals surface area (Å²) in [6.45, 7) is -0.430. The zero-order valence-electron chi connectivity index (χ0n) is 6.27. The van der Waals surface area contributed by atoms with Crippen LogP contribution in [0.3, 0.4) is 0 Å². The van der Waals surface area contributed by atoms with Crippen LogP contribution in [-0.2, 0) is 6.61 Å². The zero-order valence-corrected chi connectivity index (χ0v) is 8.61. The Morgan fingerprint density at radius 2 is 2.23 bits per heavy atom. The molecule has 0 atom stereocenters. The molecule has 0 unspecified atom stereocenters. The molecule has 1 aromatic heterocycles. The van der Waals surface area contributed by atoms with Gasteiger partial charge in [-0.05, 0) is 22.0 Å². The molecule has 0 fully saturated rings. The third kappa shape index (κ3) is 2.36. The van der Waals surface area contributed by atoms with E-state index in [2.05, 4.69) is 20.9 Å². The van der Waals surface area contributed by atoms with Crippen LogP contribution < -0.4 is 0 Å². The summed E-state index contributed by atoms with van der Waals surface area (Å²) in [6.07, 6.45) is -2.64. The molecule has 1 aromatic rings. The molecule has 0 aliphatic carbocycles. The van der Waals surface area contributed by atoms with E-state index in [0.29, 0.717) is 0 Å². The third-order valence-electron chi connectivity index (χ3n) is 1.41. The first kappa shape index (κ1) is 10.8. The van der Waals surface area contributed by atoms with Gasteiger partial charge in [-0.2, -0.15) is 0 Å². The predicted octanol–water partition coefficient (Wildman–Crippen LogP) is 2.93. The molecule has 1 heterocycles. The molecule has 72 valence electrons. The van der Waals surface area contributed by atoms with Crippen LogP contribution in [0.2, 0.25) is 5.15 Å². The molecule has 2 nitrogen and oxygen atoms in total. The molecule has 13 heavy (non-hydrogen) atoms. The van der Waals surface area contributed by atoms with Crippen molar-refractivity contribution >= 4 is 27.5 Å². The quantitative estimate of drug-likeness (QED) is 0.840. The minimum absolute atomic E-state index is 0.0532. The van der Waals surface area contributed by atoms with Gasteiger partial charge in [0.15, 0.2) is 0 Å². The van der Waals surface area contributed by atoms with Crippen molar-refractivity contribution in [2.24, 2.45) is 0 Å². The SMILES string of the molecule is OCc1nc(Cl)cc(C(F)F)c1Br. The molecule has 0 radical (unpaired) electrons. The summed E-state index contributed by atoms with van der Waals surface area (Å²) in [5, 5.41) is 8.70. The van der Waals surface area contributed by atoms with Gasteiger partial charge in [0.05, 0.1) is 16.8 Å². The molecule has 0 saturated carbocycles. The maximum Gasteiger partial charge on any atom is 0.265 e. The summed E-state index contributed by atoms with van der Waals surface area (Å²) in [6, 6.07) is 1.06. The molecule has 0 aliphatic heterocycles. The van der Waals surface area contributed by atoms with Crippen molar-refractivity contribution < 1.29 is 13.9 Å². The van der Waals surface area contributed by atoms with Gasteiger partial charge >= 0.3 is 0 Å². The Hall–Kier alpha value is -0.260. The number of nitrogens with zero attached hydrogens (tertiary/aromatic N) is 1. The number of aliphatic hydroxyl groups is 1. The van der Waals surface area contributed by atoms with Crippen molar-refractivity contribution in [1.82, 2.24) is 4.98 Å². The minimum Gasteiger partial charge on any atom is -0.390 e. The Bertz CT molecular complexity index is 322. The summed E-state index contributed by atoms with van der Waals surface area (Å²) in [7, 11) is 0. The number of pyridine rings is 1. The number of aliphatic hydroxyl groups excluding tert-OH is 1. The minimum atomic E-state index is -2.64. The Labute approximate surface area is 86.7 Å². The van der Waals surface area contributed by atoms with E-state index in [0.717, 1.165) is 6.07 Å². The van der Waals surface area contributed by atoms with Gasteiger partial charge in [0, 0.05) is 5.56 Å². The number of alkyl halides is 2. The average molecular weight is 272 g/mol. The van der Waals surface area contributed by atoms with E-state index in [-0.39, 0.29) is 20.9 Å². The zero-order chi connectivity index (χ0) is 10.0. The summed E-state index contributed by atoms with van der Waals surface area (Å²) in [4.78, 5) is 3.67. The van der Waals surface area contributed by atoms with Crippen LogP contribution in [0.1, 0.15) is 17.7 Å². The molecule has 0 bridgehead atoms. The van der Waals surface area contributed by atoms with Crippen molar-refractivity contribution in [3.8, 4) is 0 Å². The van der Waals surface area contributed by atoms with Gasteiger partial charge in [-0.15, -0.1) is 0 Å². The highest BCUT2D eigenvalue weighted by atomic mass is 79.9. The molecule has 0 spiro atoms. The van der Waals surface area contributed by atoms with Crippen molar-refractivity contribution in [3.05, 3.63) is 26.9 Å². The molecule has 1 rings (SSSR count). The van der Waals surface area contributed by atoms with Crippen molar-refractivity contribution in [1.29, 1.82) is 0 Å². The van der Waals surface area contributed by atoms with Gasteiger partial charge in [0.1, 0.15) is 5.15 Å². The molecule has 0 aromatic carbocycles. The third-order valence-corrected chi connectivity index (χ3v) is 2.52. The van der Waals surface area contributed by atoms with Crippen molar-refractivity contribution in [2.45, 2.75) is 13.0 Å². The monoisotopic (exact) mass is 271 g/mol. The van der Waals surface area contributed by atoms with Gasteiger partial charge in [0.25, 0.3) is 6.43 Å². The van der Waals surface area contributed by atoms with E-state index in [1.165, 1.54) is 0 Å². The second-order valence-electron chi connectivity index (χ2n) is 2.25. The van der Waals surface area contributed by atoms with E-state index in [1.807, 2.05) is 0 Å². The van der Waals surface area contributed by atoms with Crippen molar-refractivity contribution in [3.63, 3.8) is 0 Å². The van der Waals surface area contributed by atoms with Crippen LogP contribution in [0.15, 0.2) is 10.5 Å². The average Bonchev–Trinajstić information content (AvgIpc) is 2.08. The first-order chi connectivity index (χ1) is 6.06. The molecule has 0 amide bonds. The first-order valence-corrected chi connectivity index (χ1v) is 4.47. The van der Waals surface area contributed by atoms with Gasteiger partial charge in [0.2, 0.25) is 0 Å².